The molecule has 0 aliphatic heterocycles. The topological polar surface area (TPSA) is 102 Å². The molecule has 102 valence electrons. The fraction of sp³-hybridized carbons (Fsp3) is 0.364. The third-order valence-corrected chi connectivity index (χ3v) is 4.81. The van der Waals surface area contributed by atoms with E-state index in [-0.39, 0.29) is 16.9 Å². The van der Waals surface area contributed by atoms with Crippen LogP contribution in [0.5, 0.6) is 0 Å². The highest BCUT2D eigenvalue weighted by molar-refractivity contribution is 7.89. The van der Waals surface area contributed by atoms with Crippen LogP contribution in [-0.4, -0.2) is 23.8 Å². The number of nitrogen functional groups attached to an aromatic ring is 1. The van der Waals surface area contributed by atoms with Gasteiger partial charge in [-0.3, -0.25) is 4.40 Å². The normalized spacial score (nSPS) is 22.6. The Morgan fingerprint density at radius 2 is 2.21 bits per heavy atom. The monoisotopic (exact) mass is 281 g/mol. The molecule has 0 aromatic carbocycles. The van der Waals surface area contributed by atoms with Crippen molar-refractivity contribution in [3.8, 4) is 0 Å². The molecule has 1 aliphatic carbocycles. The third kappa shape index (κ3) is 2.07. The van der Waals surface area contributed by atoms with Gasteiger partial charge in [-0.2, -0.15) is 0 Å². The maximum atomic E-state index is 12.4. The summed E-state index contributed by atoms with van der Waals surface area (Å²) in [6.07, 6.45) is 2.51. The third-order valence-electron chi connectivity index (χ3n) is 3.29. The zero-order valence-corrected chi connectivity index (χ0v) is 11.2. The summed E-state index contributed by atoms with van der Waals surface area (Å²) >= 11 is 0. The van der Waals surface area contributed by atoms with E-state index in [0.29, 0.717) is 11.6 Å². The number of fused-ring (bicyclic) bond motifs is 1. The van der Waals surface area contributed by atoms with Crippen LogP contribution in [0.4, 0.5) is 5.82 Å². The number of pyridine rings is 1. The summed E-state index contributed by atoms with van der Waals surface area (Å²) in [4.78, 5) is 4.15. The summed E-state index contributed by atoms with van der Waals surface area (Å²) in [5, 5.41) is 0.0460. The van der Waals surface area contributed by atoms with Gasteiger partial charge in [0.15, 0.2) is 10.8 Å². The van der Waals surface area contributed by atoms with Crippen LogP contribution in [0.1, 0.15) is 13.3 Å². The second-order valence-electron chi connectivity index (χ2n) is 4.78. The van der Waals surface area contributed by atoms with E-state index in [1.807, 2.05) is 6.92 Å². The van der Waals surface area contributed by atoms with Gasteiger partial charge in [0.2, 0.25) is 0 Å². The van der Waals surface area contributed by atoms with Crippen molar-refractivity contribution in [2.24, 2.45) is 11.8 Å². The van der Waals surface area contributed by atoms with E-state index >= 15 is 0 Å². The number of nitrogens with zero attached hydrogens (tertiary/aromatic N) is 2. The van der Waals surface area contributed by atoms with Crippen LogP contribution in [-0.2, 0) is 10.0 Å². The van der Waals surface area contributed by atoms with Gasteiger partial charge in [0.05, 0.1) is 0 Å². The maximum absolute atomic E-state index is 12.4. The first kappa shape index (κ1) is 12.4. The molecule has 1 fully saturated rings. The number of anilines is 1. The van der Waals surface area contributed by atoms with E-state index in [2.05, 4.69) is 15.1 Å². The van der Waals surface area contributed by atoms with E-state index < -0.39 is 10.0 Å². The van der Waals surface area contributed by atoms with Crippen molar-refractivity contribution >= 4 is 21.5 Å². The summed E-state index contributed by atoms with van der Waals surface area (Å²) in [5.74, 6) is 5.89. The minimum Gasteiger partial charge on any atom is -0.306 e. The largest absolute Gasteiger partial charge is 0.306 e. The number of nitrogens with two attached hydrogens (primary N) is 1. The average Bonchev–Trinajstić information content (AvgIpc) is 2.93. The number of imidazole rings is 1. The zero-order valence-electron chi connectivity index (χ0n) is 10.4. The van der Waals surface area contributed by atoms with Gasteiger partial charge in [-0.1, -0.05) is 13.0 Å². The quantitative estimate of drug-likeness (QED) is 0.553. The van der Waals surface area contributed by atoms with E-state index in [1.165, 1.54) is 4.40 Å². The van der Waals surface area contributed by atoms with Gasteiger partial charge >= 0.3 is 0 Å². The lowest BCUT2D eigenvalue weighted by Gasteiger charge is -2.07. The molecule has 0 amide bonds. The fourth-order valence-electron chi connectivity index (χ4n) is 2.07. The Bertz CT molecular complexity index is 724. The van der Waals surface area contributed by atoms with Crippen molar-refractivity contribution in [3.63, 3.8) is 0 Å². The highest BCUT2D eigenvalue weighted by Gasteiger charge is 2.38. The highest BCUT2D eigenvalue weighted by Crippen LogP contribution is 2.32. The molecule has 0 spiro atoms. The molecule has 2 heterocycles. The highest BCUT2D eigenvalue weighted by atomic mass is 32.2. The Balaban J connectivity index is 2.12. The standard InChI is InChI=1S/C11H15N5O2S/c1-7-6-8(7)15-19(17,18)11-10(14-12)13-9-4-2-3-5-16(9)11/h2-5,7-8,14-15H,6,12H2,1H3. The van der Waals surface area contributed by atoms with Gasteiger partial charge < -0.3 is 5.43 Å². The molecule has 2 atom stereocenters. The predicted octanol–water partition coefficient (Wildman–Crippen LogP) is 0.307. The Labute approximate surface area is 110 Å². The summed E-state index contributed by atoms with van der Waals surface area (Å²) in [6.45, 7) is 2.00. The second kappa shape index (κ2) is 4.19. The van der Waals surface area contributed by atoms with Crippen molar-refractivity contribution in [2.45, 2.75) is 24.4 Å². The SMILES string of the molecule is CC1CC1NS(=O)(=O)c1c(NN)nc2ccccn12. The van der Waals surface area contributed by atoms with Crippen molar-refractivity contribution < 1.29 is 8.42 Å². The number of hydrazine groups is 1. The zero-order chi connectivity index (χ0) is 13.6. The molecular formula is C11H15N5O2S. The lowest BCUT2D eigenvalue weighted by atomic mass is 10.5. The fourth-order valence-corrected chi connectivity index (χ4v) is 3.68. The van der Waals surface area contributed by atoms with Crippen molar-refractivity contribution in [2.75, 3.05) is 5.43 Å². The molecule has 1 saturated carbocycles. The van der Waals surface area contributed by atoms with E-state index in [0.717, 1.165) is 6.42 Å². The number of nitrogens with one attached hydrogen (secondary N) is 2. The summed E-state index contributed by atoms with van der Waals surface area (Å²) in [5.41, 5.74) is 2.87. The maximum Gasteiger partial charge on any atom is 0.260 e. The second-order valence-corrected chi connectivity index (χ2v) is 6.41. The smallest absolute Gasteiger partial charge is 0.260 e. The van der Waals surface area contributed by atoms with Gasteiger partial charge in [0.25, 0.3) is 10.0 Å². The molecule has 0 saturated heterocycles. The van der Waals surface area contributed by atoms with Crippen LogP contribution in [0.2, 0.25) is 0 Å². The first-order valence-electron chi connectivity index (χ1n) is 5.99. The van der Waals surface area contributed by atoms with Crippen molar-refractivity contribution in [3.05, 3.63) is 24.4 Å². The number of hydrogen-bond acceptors (Lipinski definition) is 5. The van der Waals surface area contributed by atoms with Crippen LogP contribution in [0.3, 0.4) is 0 Å². The van der Waals surface area contributed by atoms with E-state index in [1.54, 1.807) is 24.4 Å². The van der Waals surface area contributed by atoms with Gasteiger partial charge in [0.1, 0.15) is 5.65 Å². The average molecular weight is 281 g/mol. The van der Waals surface area contributed by atoms with E-state index in [4.69, 9.17) is 5.84 Å². The first-order valence-corrected chi connectivity index (χ1v) is 7.47. The molecule has 0 bridgehead atoms. The van der Waals surface area contributed by atoms with Crippen LogP contribution in [0.15, 0.2) is 29.4 Å². The molecule has 2 aromatic rings. The Hall–Kier alpha value is -1.64. The molecule has 4 N–H and O–H groups in total. The predicted molar refractivity (Wildman–Crippen MR) is 70.9 cm³/mol. The summed E-state index contributed by atoms with van der Waals surface area (Å²) < 4.78 is 29.0. The number of aromatic nitrogens is 2. The molecule has 2 unspecified atom stereocenters. The minimum absolute atomic E-state index is 0.00452. The molecule has 8 heteroatoms. The Kier molecular flexibility index (Phi) is 2.73. The Morgan fingerprint density at radius 1 is 1.47 bits per heavy atom. The van der Waals surface area contributed by atoms with Crippen LogP contribution < -0.4 is 16.0 Å². The summed E-state index contributed by atoms with van der Waals surface area (Å²) in [7, 11) is -3.65. The van der Waals surface area contributed by atoms with E-state index in [9.17, 15) is 8.42 Å². The molecule has 2 aromatic heterocycles. The van der Waals surface area contributed by atoms with Crippen molar-refractivity contribution in [1.29, 1.82) is 0 Å². The molecule has 19 heavy (non-hydrogen) atoms. The van der Waals surface area contributed by atoms with Crippen molar-refractivity contribution in [1.82, 2.24) is 14.1 Å². The molecule has 0 radical (unpaired) electrons. The minimum atomic E-state index is -3.65. The Morgan fingerprint density at radius 3 is 2.84 bits per heavy atom. The molecule has 7 nitrogen and oxygen atoms in total. The number of sulfonamides is 1. The van der Waals surface area contributed by atoms with Gasteiger partial charge in [-0.05, 0) is 24.5 Å². The number of rotatable bonds is 4. The molecular weight excluding hydrogens is 266 g/mol. The van der Waals surface area contributed by atoms with Gasteiger partial charge in [-0.25, -0.2) is 24.0 Å². The van der Waals surface area contributed by atoms with Gasteiger partial charge in [0, 0.05) is 12.2 Å². The lowest BCUT2D eigenvalue weighted by molar-refractivity contribution is 0.573. The van der Waals surface area contributed by atoms with Crippen LogP contribution >= 0.6 is 0 Å². The lowest BCUT2D eigenvalue weighted by Crippen LogP contribution is -2.29. The van der Waals surface area contributed by atoms with Crippen LogP contribution in [0, 0.1) is 5.92 Å². The van der Waals surface area contributed by atoms with Crippen LogP contribution in [0.25, 0.3) is 5.65 Å². The molecule has 1 aliphatic rings. The number of hydrogen-bond donors (Lipinski definition) is 3. The summed E-state index contributed by atoms with van der Waals surface area (Å²) in [6, 6.07) is 5.26. The first-order chi connectivity index (χ1) is 9.03. The van der Waals surface area contributed by atoms with Gasteiger partial charge in [-0.15, -0.1) is 0 Å². The molecule has 3 rings (SSSR count).